The minimum absolute atomic E-state index is 0.0101. The van der Waals surface area contributed by atoms with Gasteiger partial charge in [0.1, 0.15) is 5.75 Å². The molecule has 0 unspecified atom stereocenters. The molecule has 0 N–H and O–H groups in total. The number of aryl methyl sites for hydroxylation is 1. The fourth-order valence-electron chi connectivity index (χ4n) is 2.52. The van der Waals surface area contributed by atoms with Gasteiger partial charge in [-0.15, -0.1) is 0 Å². The fourth-order valence-corrected chi connectivity index (χ4v) is 2.52. The first-order valence-electron chi connectivity index (χ1n) is 7.98. The van der Waals surface area contributed by atoms with Crippen LogP contribution in [0.1, 0.15) is 71.6 Å². The van der Waals surface area contributed by atoms with Crippen molar-refractivity contribution in [2.24, 2.45) is 0 Å². The summed E-state index contributed by atoms with van der Waals surface area (Å²) in [7, 11) is 0. The maximum absolute atomic E-state index is 12.5. The van der Waals surface area contributed by atoms with Crippen molar-refractivity contribution in [3.8, 4) is 5.75 Å². The number of ether oxygens (including phenoxy) is 1. The summed E-state index contributed by atoms with van der Waals surface area (Å²) in [6.07, 6.45) is 1.37. The highest BCUT2D eigenvalue weighted by molar-refractivity contribution is 5.51. The summed E-state index contributed by atoms with van der Waals surface area (Å²) < 4.78 is 18.5. The van der Waals surface area contributed by atoms with Crippen LogP contribution in [0, 0.1) is 0 Å². The van der Waals surface area contributed by atoms with Gasteiger partial charge in [0, 0.05) is 11.1 Å². The first kappa shape index (κ1) is 18.0. The zero-order valence-corrected chi connectivity index (χ0v) is 14.8. The van der Waals surface area contributed by atoms with E-state index >= 15 is 0 Å². The van der Waals surface area contributed by atoms with E-state index < -0.39 is 0 Å². The lowest BCUT2D eigenvalue weighted by molar-refractivity contribution is 0.319. The average molecular weight is 294 g/mol. The molecule has 120 valence electrons. The molecule has 0 aromatic heterocycles. The molecular weight excluding hydrogens is 263 g/mol. The Kier molecular flexibility index (Phi) is 5.83. The lowest BCUT2D eigenvalue weighted by Crippen LogP contribution is -2.20. The summed E-state index contributed by atoms with van der Waals surface area (Å²) in [6, 6.07) is 4.41. The number of rotatable bonds is 5. The highest BCUT2D eigenvalue weighted by Crippen LogP contribution is 2.40. The Hall–Kier alpha value is -1.05. The van der Waals surface area contributed by atoms with Gasteiger partial charge in [-0.3, -0.25) is 4.39 Å². The van der Waals surface area contributed by atoms with Gasteiger partial charge >= 0.3 is 0 Å². The van der Waals surface area contributed by atoms with Crippen LogP contribution in [0.25, 0.3) is 0 Å². The molecule has 0 saturated carbocycles. The lowest BCUT2D eigenvalue weighted by Gasteiger charge is -2.30. The van der Waals surface area contributed by atoms with Gasteiger partial charge in [-0.05, 0) is 36.2 Å². The van der Waals surface area contributed by atoms with E-state index in [2.05, 4.69) is 53.7 Å². The van der Waals surface area contributed by atoms with Gasteiger partial charge in [0.15, 0.2) is 0 Å². The van der Waals surface area contributed by atoms with Crippen molar-refractivity contribution in [2.75, 3.05) is 13.3 Å². The van der Waals surface area contributed by atoms with E-state index in [1.807, 2.05) is 6.92 Å². The van der Waals surface area contributed by atoms with Crippen molar-refractivity contribution in [3.05, 3.63) is 28.8 Å². The smallest absolute Gasteiger partial charge is 0.126 e. The molecule has 0 aliphatic rings. The third-order valence-corrected chi connectivity index (χ3v) is 3.65. The third-order valence-electron chi connectivity index (χ3n) is 3.65. The predicted octanol–water partition coefficient (Wildman–Crippen LogP) is 5.58. The quantitative estimate of drug-likeness (QED) is 0.688. The van der Waals surface area contributed by atoms with Crippen molar-refractivity contribution in [1.29, 1.82) is 0 Å². The van der Waals surface area contributed by atoms with E-state index in [4.69, 9.17) is 4.74 Å². The van der Waals surface area contributed by atoms with Gasteiger partial charge in [-0.1, -0.05) is 53.7 Å². The zero-order valence-electron chi connectivity index (χ0n) is 14.8. The van der Waals surface area contributed by atoms with Gasteiger partial charge in [0.25, 0.3) is 0 Å². The van der Waals surface area contributed by atoms with Crippen LogP contribution in [-0.2, 0) is 17.3 Å². The van der Waals surface area contributed by atoms with Gasteiger partial charge < -0.3 is 4.74 Å². The summed E-state index contributed by atoms with van der Waals surface area (Å²) in [5.74, 6) is 1.02. The van der Waals surface area contributed by atoms with Crippen LogP contribution in [-0.4, -0.2) is 13.3 Å². The normalized spacial score (nSPS) is 12.6. The van der Waals surface area contributed by atoms with Crippen molar-refractivity contribution in [1.82, 2.24) is 0 Å². The second-order valence-corrected chi connectivity index (χ2v) is 7.75. The Morgan fingerprint density at radius 2 is 1.43 bits per heavy atom. The number of hydrogen-bond acceptors (Lipinski definition) is 1. The average Bonchev–Trinajstić information content (AvgIpc) is 2.34. The Labute approximate surface area is 129 Å². The summed E-state index contributed by atoms with van der Waals surface area (Å²) in [6.45, 7) is 15.7. The van der Waals surface area contributed by atoms with Crippen molar-refractivity contribution >= 4 is 0 Å². The Morgan fingerprint density at radius 3 is 1.76 bits per heavy atom. The van der Waals surface area contributed by atoms with E-state index in [9.17, 15) is 4.39 Å². The molecule has 1 nitrogen and oxygen atoms in total. The highest BCUT2D eigenvalue weighted by Gasteiger charge is 2.27. The molecule has 21 heavy (non-hydrogen) atoms. The molecule has 0 atom stereocenters. The molecule has 1 aromatic rings. The monoisotopic (exact) mass is 294 g/mol. The van der Waals surface area contributed by atoms with Gasteiger partial charge in [0.2, 0.25) is 0 Å². The second kappa shape index (κ2) is 6.81. The molecule has 0 heterocycles. The molecule has 2 heteroatoms. The van der Waals surface area contributed by atoms with E-state index in [1.165, 1.54) is 16.7 Å². The predicted molar refractivity (Wildman–Crippen MR) is 89.3 cm³/mol. The van der Waals surface area contributed by atoms with Gasteiger partial charge in [-0.25, -0.2) is 0 Å². The minimum Gasteiger partial charge on any atom is -0.493 e. The first-order valence-corrected chi connectivity index (χ1v) is 7.98. The van der Waals surface area contributed by atoms with Crippen molar-refractivity contribution in [3.63, 3.8) is 0 Å². The maximum Gasteiger partial charge on any atom is 0.126 e. The maximum atomic E-state index is 12.5. The largest absolute Gasteiger partial charge is 0.493 e. The van der Waals surface area contributed by atoms with Gasteiger partial charge in [-0.2, -0.15) is 0 Å². The molecule has 0 aliphatic carbocycles. The van der Waals surface area contributed by atoms with Crippen LogP contribution in [0.5, 0.6) is 5.75 Å². The topological polar surface area (TPSA) is 9.23 Å². The lowest BCUT2D eigenvalue weighted by atomic mass is 9.78. The summed E-state index contributed by atoms with van der Waals surface area (Å²) in [5.41, 5.74) is 3.69. The molecule has 0 fully saturated rings. The second-order valence-electron chi connectivity index (χ2n) is 7.75. The van der Waals surface area contributed by atoms with Gasteiger partial charge in [0.05, 0.1) is 13.3 Å². The summed E-state index contributed by atoms with van der Waals surface area (Å²) >= 11 is 0. The molecule has 0 amide bonds. The molecule has 0 aliphatic heterocycles. The Balaban J connectivity index is 3.50. The molecule has 0 radical (unpaired) electrons. The molecule has 1 aromatic carbocycles. The standard InChI is InChI=1S/C19H31FO/c1-8-21-17-15(18(2,3)4)12-14(10-9-11-20)13-16(17)19(5,6)7/h12-13H,8-11H2,1-7H3. The molecule has 1 rings (SSSR count). The SMILES string of the molecule is CCOc1c(C(C)(C)C)cc(CCCF)cc1C(C)(C)C. The molecule has 0 saturated heterocycles. The molecular formula is C19H31FO. The Bertz CT molecular complexity index is 428. The van der Waals surface area contributed by atoms with Crippen LogP contribution < -0.4 is 4.74 Å². The molecule has 0 bridgehead atoms. The van der Waals surface area contributed by atoms with Crippen LogP contribution in [0.4, 0.5) is 4.39 Å². The zero-order chi connectivity index (χ0) is 16.3. The molecule has 0 spiro atoms. The van der Waals surface area contributed by atoms with Crippen LogP contribution >= 0.6 is 0 Å². The van der Waals surface area contributed by atoms with E-state index in [0.717, 1.165) is 12.2 Å². The van der Waals surface area contributed by atoms with Crippen LogP contribution in [0.3, 0.4) is 0 Å². The van der Waals surface area contributed by atoms with Crippen molar-refractivity contribution < 1.29 is 9.13 Å². The van der Waals surface area contributed by atoms with E-state index in [1.54, 1.807) is 0 Å². The third kappa shape index (κ3) is 4.72. The highest BCUT2D eigenvalue weighted by atomic mass is 19.1. The Morgan fingerprint density at radius 1 is 0.952 bits per heavy atom. The number of halogens is 1. The number of alkyl halides is 1. The summed E-state index contributed by atoms with van der Waals surface area (Å²) in [4.78, 5) is 0. The van der Waals surface area contributed by atoms with E-state index in [-0.39, 0.29) is 17.5 Å². The van der Waals surface area contributed by atoms with Crippen LogP contribution in [0.2, 0.25) is 0 Å². The number of hydrogen-bond donors (Lipinski definition) is 0. The first-order chi connectivity index (χ1) is 9.61. The number of benzene rings is 1. The van der Waals surface area contributed by atoms with Crippen LogP contribution in [0.15, 0.2) is 12.1 Å². The van der Waals surface area contributed by atoms with E-state index in [0.29, 0.717) is 13.0 Å². The fraction of sp³-hybridized carbons (Fsp3) is 0.684. The minimum atomic E-state index is -0.261. The van der Waals surface area contributed by atoms with Crippen molar-refractivity contribution in [2.45, 2.75) is 72.1 Å². The summed E-state index contributed by atoms with van der Waals surface area (Å²) in [5, 5.41) is 0.